The number of phosphoric acid groups is 2. The lowest BCUT2D eigenvalue weighted by molar-refractivity contribution is -0.210. The smallest absolute Gasteiger partial charge is 0.462 e. The summed E-state index contributed by atoms with van der Waals surface area (Å²) in [5.74, 6) is -3.47. The van der Waals surface area contributed by atoms with Crippen LogP contribution in [0.15, 0.2) is 91.0 Å². The summed E-state index contributed by atoms with van der Waals surface area (Å²) in [6.07, 6.45) is 21.2. The van der Waals surface area contributed by atoms with Crippen molar-refractivity contribution in [3.05, 3.63) is 108 Å². The zero-order valence-corrected chi connectivity index (χ0v) is 58.1. The van der Waals surface area contributed by atoms with E-state index in [9.17, 15) is 24.3 Å². The summed E-state index contributed by atoms with van der Waals surface area (Å²) >= 11 is 0. The second-order valence-corrected chi connectivity index (χ2v) is 28.9. The fraction of sp³-hybridized carbons (Fsp3) is 0.699. The molecule has 93 heavy (non-hydrogen) atoms. The van der Waals surface area contributed by atoms with Crippen molar-refractivity contribution >= 4 is 39.3 Å². The van der Waals surface area contributed by atoms with E-state index in [1.54, 1.807) is 78.9 Å². The Hall–Kier alpha value is -4.16. The number of rotatable bonds is 51. The van der Waals surface area contributed by atoms with Crippen LogP contribution in [0.25, 0.3) is 0 Å². The van der Waals surface area contributed by atoms with Crippen LogP contribution in [0.1, 0.15) is 262 Å². The first kappa shape index (κ1) is 77.8. The van der Waals surface area contributed by atoms with Crippen molar-refractivity contribution in [2.24, 2.45) is 0 Å². The van der Waals surface area contributed by atoms with E-state index in [4.69, 9.17) is 50.8 Å². The minimum Gasteiger partial charge on any atom is -0.462 e. The predicted molar refractivity (Wildman–Crippen MR) is 357 cm³/mol. The molecule has 1 N–H and O–H groups in total. The van der Waals surface area contributed by atoms with E-state index in [0.717, 1.165) is 51.4 Å². The lowest BCUT2D eigenvalue weighted by Gasteiger charge is -2.44. The topological polar surface area (TPSA) is 224 Å². The highest BCUT2D eigenvalue weighted by Gasteiger charge is 2.65. The molecule has 0 aromatic heterocycles. The Bertz CT molecular complexity index is 2580. The van der Waals surface area contributed by atoms with E-state index >= 15 is 9.13 Å². The number of carbonyl (C=O) groups is 4. The van der Waals surface area contributed by atoms with Gasteiger partial charge in [-0.1, -0.05) is 265 Å². The standard InChI is InChI=1S/C73H112O18P2/c1-4-6-8-10-12-14-16-18-20-22-24-26-38-48-64(75)81-57-63(86-65(76)49-39-27-25-23-21-19-17-15-13-11-9-7-5-2)58-85-93(80,84-56-62-46-36-30-37-47-62)91-69-67(78)68(90-92(79,82-54-60-42-32-28-33-43-60)83-55-61-44-34-29-35-45-61)70(87-66(77)51-50-59(3)74)72-71(69)88-73(89-72)52-40-31-41-53-73/h28-30,32-37,42-47,63,67-72,78H,4-27,31,38-41,48-58H2,1-3H3/t63-,67-,68-,69+,70+,71+,72-,93?/m1/s1. The molecule has 3 aromatic carbocycles. The largest absolute Gasteiger partial charge is 0.475 e. The number of hydrogen-bond donors (Lipinski definition) is 1. The summed E-state index contributed by atoms with van der Waals surface area (Å²) in [4.78, 5) is 53.2. The van der Waals surface area contributed by atoms with Crippen LogP contribution < -0.4 is 0 Å². The van der Waals surface area contributed by atoms with E-state index in [-0.39, 0.29) is 51.3 Å². The summed E-state index contributed by atoms with van der Waals surface area (Å²) in [5.41, 5.74) is 1.79. The van der Waals surface area contributed by atoms with E-state index in [1.165, 1.54) is 116 Å². The monoisotopic (exact) mass is 1340 g/mol. The van der Waals surface area contributed by atoms with Crippen LogP contribution in [0.3, 0.4) is 0 Å². The first-order valence-electron chi connectivity index (χ1n) is 35.6. The number of aliphatic hydroxyl groups is 1. The van der Waals surface area contributed by atoms with Crippen molar-refractivity contribution in [2.75, 3.05) is 13.2 Å². The molecule has 18 nitrogen and oxygen atoms in total. The molecule has 1 saturated heterocycles. The number of benzene rings is 3. The van der Waals surface area contributed by atoms with Gasteiger partial charge in [0, 0.05) is 32.1 Å². The van der Waals surface area contributed by atoms with Crippen molar-refractivity contribution in [1.29, 1.82) is 0 Å². The van der Waals surface area contributed by atoms with Crippen LogP contribution in [-0.4, -0.2) is 90.5 Å². The van der Waals surface area contributed by atoms with Gasteiger partial charge in [0.25, 0.3) is 0 Å². The predicted octanol–water partition coefficient (Wildman–Crippen LogP) is 18.2. The fourth-order valence-electron chi connectivity index (χ4n) is 12.2. The third-order valence-electron chi connectivity index (χ3n) is 17.5. The van der Waals surface area contributed by atoms with Gasteiger partial charge in [-0.05, 0) is 49.3 Å². The third kappa shape index (κ3) is 30.4. The fourth-order valence-corrected chi connectivity index (χ4v) is 14.9. The highest BCUT2D eigenvalue weighted by atomic mass is 31.2. The van der Waals surface area contributed by atoms with Gasteiger partial charge >= 0.3 is 33.6 Å². The number of phosphoric ester groups is 2. The Morgan fingerprint density at radius 1 is 0.462 bits per heavy atom. The van der Waals surface area contributed by atoms with Crippen molar-refractivity contribution in [2.45, 2.75) is 314 Å². The Balaban J connectivity index is 1.23. The van der Waals surface area contributed by atoms with Gasteiger partial charge in [0.1, 0.15) is 42.9 Å². The van der Waals surface area contributed by atoms with Gasteiger partial charge in [0.05, 0.1) is 32.8 Å². The summed E-state index contributed by atoms with van der Waals surface area (Å²) < 4.78 is 100. The SMILES string of the molecule is CCCCCCCCCCCCCCCC(=O)OC[C@H](COP(=O)(OCc1ccccc1)O[C@H]1[C@H](O)[C@@H](OP(=O)(OCc2ccccc2)OCc2ccccc2)[C@H](OC(=O)CCC(C)=O)[C@H]2OC3(CCCCC3)O[C@H]21)OC(=O)CCCCCCCCCCCCCCC. The first-order chi connectivity index (χ1) is 45.2. The molecular weight excluding hydrogens is 1230 g/mol. The first-order valence-corrected chi connectivity index (χ1v) is 38.5. The molecule has 8 atom stereocenters. The van der Waals surface area contributed by atoms with Gasteiger partial charge in [-0.3, -0.25) is 41.5 Å². The van der Waals surface area contributed by atoms with Crippen molar-refractivity contribution in [3.8, 4) is 0 Å². The van der Waals surface area contributed by atoms with Crippen molar-refractivity contribution < 1.29 is 84.2 Å². The second-order valence-electron chi connectivity index (χ2n) is 25.7. The number of aliphatic hydroxyl groups excluding tert-OH is 1. The molecule has 522 valence electrons. The third-order valence-corrected chi connectivity index (χ3v) is 20.4. The molecule has 0 radical (unpaired) electrons. The van der Waals surface area contributed by atoms with Crippen LogP contribution in [-0.2, 0) is 99.0 Å². The zero-order chi connectivity index (χ0) is 66.3. The van der Waals surface area contributed by atoms with Crippen LogP contribution >= 0.6 is 15.6 Å². The Morgan fingerprint density at radius 2 is 0.849 bits per heavy atom. The van der Waals surface area contributed by atoms with Gasteiger partial charge in [0.15, 0.2) is 18.0 Å². The van der Waals surface area contributed by atoms with E-state index in [2.05, 4.69) is 13.8 Å². The number of fused-ring (bicyclic) bond motifs is 1. The number of unbranched alkanes of at least 4 members (excludes halogenated alkanes) is 24. The molecule has 2 saturated carbocycles. The molecule has 3 fully saturated rings. The molecule has 0 amide bonds. The maximum absolute atomic E-state index is 15.8. The Morgan fingerprint density at radius 3 is 1.28 bits per heavy atom. The number of ether oxygens (including phenoxy) is 5. The molecule has 6 rings (SSSR count). The molecular formula is C73H112O18P2. The molecule has 2 aliphatic carbocycles. The summed E-state index contributed by atoms with van der Waals surface area (Å²) in [6.45, 7) is 3.86. The maximum atomic E-state index is 15.8. The van der Waals surface area contributed by atoms with Crippen LogP contribution in [0.5, 0.6) is 0 Å². The maximum Gasteiger partial charge on any atom is 0.475 e. The van der Waals surface area contributed by atoms with Crippen molar-refractivity contribution in [3.63, 3.8) is 0 Å². The minimum absolute atomic E-state index is 0.0894. The van der Waals surface area contributed by atoms with Gasteiger partial charge in [-0.25, -0.2) is 9.13 Å². The normalized spacial score (nSPS) is 20.4. The number of hydrogen-bond acceptors (Lipinski definition) is 18. The summed E-state index contributed by atoms with van der Waals surface area (Å²) in [7, 11) is -9.90. The van der Waals surface area contributed by atoms with Gasteiger partial charge in [-0.15, -0.1) is 0 Å². The number of esters is 3. The second kappa shape index (κ2) is 44.6. The van der Waals surface area contributed by atoms with E-state index in [0.29, 0.717) is 55.2 Å². The molecule has 0 bridgehead atoms. The molecule has 20 heteroatoms. The number of carbonyl (C=O) groups excluding carboxylic acids is 4. The number of Topliss-reactive ketones (excluding diaryl/α,β-unsaturated/α-hetero) is 1. The van der Waals surface area contributed by atoms with Crippen LogP contribution in [0.4, 0.5) is 0 Å². The number of ketones is 1. The molecule has 1 aliphatic heterocycles. The Labute approximate surface area is 555 Å². The quantitative estimate of drug-likeness (QED) is 0.0240. The van der Waals surface area contributed by atoms with Gasteiger partial charge in [-0.2, -0.15) is 0 Å². The molecule has 3 aromatic rings. The van der Waals surface area contributed by atoms with Crippen LogP contribution in [0.2, 0.25) is 0 Å². The molecule has 1 heterocycles. The highest BCUT2D eigenvalue weighted by molar-refractivity contribution is 7.48. The van der Waals surface area contributed by atoms with Gasteiger partial charge in [0.2, 0.25) is 0 Å². The summed E-state index contributed by atoms with van der Waals surface area (Å²) in [5, 5.41) is 13.0. The molecule has 1 spiro atoms. The summed E-state index contributed by atoms with van der Waals surface area (Å²) in [6, 6.07) is 26.6. The molecule has 3 aliphatic rings. The Kier molecular flexibility index (Phi) is 37.3. The van der Waals surface area contributed by atoms with Crippen LogP contribution in [0, 0.1) is 0 Å². The lowest BCUT2D eigenvalue weighted by atomic mass is 9.85. The average Bonchev–Trinajstić information content (AvgIpc) is 1.63. The van der Waals surface area contributed by atoms with Crippen molar-refractivity contribution in [1.82, 2.24) is 0 Å². The average molecular weight is 1340 g/mol. The van der Waals surface area contributed by atoms with Gasteiger partial charge < -0.3 is 33.6 Å². The minimum atomic E-state index is -5.04. The van der Waals surface area contributed by atoms with E-state index in [1.807, 2.05) is 12.1 Å². The van der Waals surface area contributed by atoms with E-state index < -0.39 is 95.3 Å². The highest BCUT2D eigenvalue weighted by Crippen LogP contribution is 2.59. The zero-order valence-electron chi connectivity index (χ0n) is 56.3. The molecule has 1 unspecified atom stereocenters. The lowest BCUT2D eigenvalue weighted by Crippen LogP contribution is -2.64.